The number of rotatable bonds is 3. The van der Waals surface area contributed by atoms with Gasteiger partial charge in [0.05, 0.1) is 0 Å². The van der Waals surface area contributed by atoms with E-state index in [1.165, 1.54) is 0 Å². The molecule has 2 N–H and O–H groups in total. The maximum absolute atomic E-state index is 12.3. The van der Waals surface area contributed by atoms with Crippen LogP contribution in [0.1, 0.15) is 18.4 Å². The number of esters is 1. The van der Waals surface area contributed by atoms with E-state index < -0.39 is 0 Å². The van der Waals surface area contributed by atoms with Crippen LogP contribution >= 0.6 is 0 Å². The summed E-state index contributed by atoms with van der Waals surface area (Å²) in [4.78, 5) is 25.8. The molecule has 0 aromatic heterocycles. The maximum atomic E-state index is 12.3. The monoisotopic (exact) mass is 317 g/mol. The van der Waals surface area contributed by atoms with Crippen LogP contribution in [0, 0.1) is 5.92 Å². The average Bonchev–Trinajstić information content (AvgIpc) is 3.03. The van der Waals surface area contributed by atoms with Gasteiger partial charge in [0.1, 0.15) is 12.6 Å². The predicted octanol–water partition coefficient (Wildman–Crippen LogP) is 1.12. The van der Waals surface area contributed by atoms with E-state index in [-0.39, 0.29) is 24.1 Å². The normalized spacial score (nSPS) is 26.5. The molecule has 2 amide bonds. The van der Waals surface area contributed by atoms with Gasteiger partial charge in [0.2, 0.25) is 0 Å². The Morgan fingerprint density at radius 2 is 2.13 bits per heavy atom. The van der Waals surface area contributed by atoms with Gasteiger partial charge in [-0.2, -0.15) is 0 Å². The first kappa shape index (κ1) is 15.8. The molecule has 0 radical (unpaired) electrons. The molecule has 3 rings (SSSR count). The van der Waals surface area contributed by atoms with Gasteiger partial charge in [-0.25, -0.2) is 4.79 Å². The number of amides is 2. The van der Waals surface area contributed by atoms with E-state index in [9.17, 15) is 9.59 Å². The topological polar surface area (TPSA) is 70.7 Å². The molecule has 2 aliphatic heterocycles. The van der Waals surface area contributed by atoms with Crippen molar-refractivity contribution in [1.29, 1.82) is 0 Å². The molecule has 124 valence electrons. The van der Waals surface area contributed by atoms with Crippen molar-refractivity contribution in [2.75, 3.05) is 20.1 Å². The summed E-state index contributed by atoms with van der Waals surface area (Å²) in [6.45, 7) is 1.69. The summed E-state index contributed by atoms with van der Waals surface area (Å²) in [5, 5.41) is 6.00. The highest BCUT2D eigenvalue weighted by molar-refractivity contribution is 5.77. The quantitative estimate of drug-likeness (QED) is 0.820. The Balaban J connectivity index is 1.51. The van der Waals surface area contributed by atoms with Crippen LogP contribution in [0.4, 0.5) is 4.79 Å². The third-order valence-corrected chi connectivity index (χ3v) is 4.72. The van der Waals surface area contributed by atoms with Crippen molar-refractivity contribution in [1.82, 2.24) is 15.5 Å². The molecule has 2 heterocycles. The van der Waals surface area contributed by atoms with Crippen LogP contribution in [0.5, 0.6) is 0 Å². The molecule has 0 saturated carbocycles. The molecule has 23 heavy (non-hydrogen) atoms. The number of urea groups is 1. The second-order valence-electron chi connectivity index (χ2n) is 6.20. The second-order valence-corrected chi connectivity index (χ2v) is 6.20. The number of carbonyl (C=O) groups excluding carboxylic acids is 2. The number of carbonyl (C=O) groups is 2. The zero-order valence-corrected chi connectivity index (χ0v) is 13.3. The number of nitrogens with one attached hydrogen (secondary N) is 2. The maximum Gasteiger partial charge on any atom is 0.323 e. The molecule has 0 spiro atoms. The number of likely N-dealkylation sites (tertiary alicyclic amines) is 1. The van der Waals surface area contributed by atoms with Gasteiger partial charge in [0.25, 0.3) is 0 Å². The first-order valence-corrected chi connectivity index (χ1v) is 8.10. The minimum atomic E-state index is -0.265. The highest BCUT2D eigenvalue weighted by Gasteiger charge is 2.41. The molecule has 0 aliphatic carbocycles. The van der Waals surface area contributed by atoms with Crippen LogP contribution in [0.2, 0.25) is 0 Å². The van der Waals surface area contributed by atoms with E-state index >= 15 is 0 Å². The highest BCUT2D eigenvalue weighted by atomic mass is 16.5. The third-order valence-electron chi connectivity index (χ3n) is 4.72. The summed E-state index contributed by atoms with van der Waals surface area (Å²) in [5.74, 6) is 0.236. The fourth-order valence-electron chi connectivity index (χ4n) is 3.44. The van der Waals surface area contributed by atoms with Gasteiger partial charge in [-0.3, -0.25) is 10.1 Å². The molecular formula is C17H23N3O3. The summed E-state index contributed by atoms with van der Waals surface area (Å²) >= 11 is 0. The molecule has 0 unspecified atom stereocenters. The lowest BCUT2D eigenvalue weighted by Gasteiger charge is -2.34. The number of hydrogen-bond acceptors (Lipinski definition) is 4. The molecule has 3 atom stereocenters. The van der Waals surface area contributed by atoms with Crippen LogP contribution in [0.15, 0.2) is 30.3 Å². The van der Waals surface area contributed by atoms with Crippen molar-refractivity contribution in [2.45, 2.75) is 31.5 Å². The molecule has 0 bridgehead atoms. The molecule has 6 heteroatoms. The van der Waals surface area contributed by atoms with Gasteiger partial charge in [-0.1, -0.05) is 30.3 Å². The zero-order valence-electron chi connectivity index (χ0n) is 13.3. The van der Waals surface area contributed by atoms with Crippen LogP contribution in [-0.4, -0.2) is 49.1 Å². The minimum Gasteiger partial charge on any atom is -0.460 e. The third kappa shape index (κ3) is 3.64. The first-order valence-electron chi connectivity index (χ1n) is 8.10. The van der Waals surface area contributed by atoms with E-state index in [1.807, 2.05) is 30.3 Å². The summed E-state index contributed by atoms with van der Waals surface area (Å²) in [5.41, 5.74) is 0.988. The fourth-order valence-corrected chi connectivity index (χ4v) is 3.44. The van der Waals surface area contributed by atoms with Gasteiger partial charge in [-0.15, -0.1) is 0 Å². The average molecular weight is 317 g/mol. The van der Waals surface area contributed by atoms with Crippen molar-refractivity contribution >= 4 is 12.0 Å². The second kappa shape index (κ2) is 7.00. The molecule has 1 aromatic carbocycles. The Morgan fingerprint density at radius 1 is 1.35 bits per heavy atom. The van der Waals surface area contributed by atoms with Crippen LogP contribution in [0.3, 0.4) is 0 Å². The predicted molar refractivity (Wildman–Crippen MR) is 85.7 cm³/mol. The lowest BCUT2D eigenvalue weighted by atomic mass is 9.91. The lowest BCUT2D eigenvalue weighted by molar-refractivity contribution is -0.147. The highest BCUT2D eigenvalue weighted by Crippen LogP contribution is 2.29. The molecule has 2 fully saturated rings. The van der Waals surface area contributed by atoms with Crippen molar-refractivity contribution in [3.05, 3.63) is 35.9 Å². The lowest BCUT2D eigenvalue weighted by Crippen LogP contribution is -2.52. The fraction of sp³-hybridized carbons (Fsp3) is 0.529. The van der Waals surface area contributed by atoms with Crippen molar-refractivity contribution in [2.24, 2.45) is 5.92 Å². The van der Waals surface area contributed by atoms with E-state index in [1.54, 1.807) is 11.9 Å². The Labute approximate surface area is 136 Å². The minimum absolute atomic E-state index is 0.0552. The van der Waals surface area contributed by atoms with Gasteiger partial charge in [0, 0.05) is 26.2 Å². The smallest absolute Gasteiger partial charge is 0.323 e. The Hall–Kier alpha value is -2.08. The molecular weight excluding hydrogens is 294 g/mol. The van der Waals surface area contributed by atoms with Crippen molar-refractivity contribution in [3.8, 4) is 0 Å². The van der Waals surface area contributed by atoms with E-state index in [0.29, 0.717) is 19.1 Å². The van der Waals surface area contributed by atoms with E-state index in [0.717, 1.165) is 24.9 Å². The standard InChI is InChI=1S/C17H23N3O3/c1-18-17(22)20-8-7-13-9-14(19-15(13)10-20)16(21)23-11-12-5-3-2-4-6-12/h2-6,13-15,19H,7-11H2,1H3,(H,18,22)/t13-,14+,15+/m1/s1. The number of ether oxygens (including phenoxy) is 1. The number of hydrogen-bond donors (Lipinski definition) is 2. The van der Waals surface area contributed by atoms with Gasteiger partial charge in [-0.05, 0) is 24.3 Å². The number of nitrogens with zero attached hydrogens (tertiary/aromatic N) is 1. The first-order chi connectivity index (χ1) is 11.2. The van der Waals surface area contributed by atoms with Crippen molar-refractivity contribution in [3.63, 3.8) is 0 Å². The van der Waals surface area contributed by atoms with Gasteiger partial charge < -0.3 is 15.0 Å². The number of piperidine rings is 1. The van der Waals surface area contributed by atoms with E-state index in [4.69, 9.17) is 4.74 Å². The molecule has 2 saturated heterocycles. The van der Waals surface area contributed by atoms with Gasteiger partial charge >= 0.3 is 12.0 Å². The Bertz CT molecular complexity index is 563. The number of benzene rings is 1. The Morgan fingerprint density at radius 3 is 2.87 bits per heavy atom. The van der Waals surface area contributed by atoms with Crippen LogP contribution in [0.25, 0.3) is 0 Å². The van der Waals surface area contributed by atoms with Crippen LogP contribution < -0.4 is 10.6 Å². The summed E-state index contributed by atoms with van der Waals surface area (Å²) in [6.07, 6.45) is 1.72. The molecule has 2 aliphatic rings. The summed E-state index contributed by atoms with van der Waals surface area (Å²) in [6, 6.07) is 9.53. The largest absolute Gasteiger partial charge is 0.460 e. The Kier molecular flexibility index (Phi) is 4.81. The SMILES string of the molecule is CNC(=O)N1CC[C@@H]2C[C@@H](C(=O)OCc3ccccc3)N[C@H]2C1. The zero-order chi connectivity index (χ0) is 16.2. The van der Waals surface area contributed by atoms with Gasteiger partial charge in [0.15, 0.2) is 0 Å². The van der Waals surface area contributed by atoms with E-state index in [2.05, 4.69) is 10.6 Å². The molecule has 6 nitrogen and oxygen atoms in total. The molecule has 1 aromatic rings. The summed E-state index contributed by atoms with van der Waals surface area (Å²) < 4.78 is 5.42. The number of fused-ring (bicyclic) bond motifs is 1. The summed E-state index contributed by atoms with van der Waals surface area (Å²) in [7, 11) is 1.64. The van der Waals surface area contributed by atoms with Crippen LogP contribution in [-0.2, 0) is 16.1 Å². The van der Waals surface area contributed by atoms with Crippen molar-refractivity contribution < 1.29 is 14.3 Å².